The molecule has 8 heterocycles. The Morgan fingerprint density at radius 1 is 0.792 bits per heavy atom. The van der Waals surface area contributed by atoms with Crippen LogP contribution in [-0.2, 0) is 75.7 Å². The third-order valence-electron chi connectivity index (χ3n) is 12.1. The lowest BCUT2D eigenvalue weighted by atomic mass is 9.99. The molecule has 38 nitrogen and oxygen atoms in total. The smallest absolute Gasteiger partial charge is 0.479 e. The van der Waals surface area contributed by atoms with Crippen molar-refractivity contribution in [2.24, 2.45) is 13.0 Å². The van der Waals surface area contributed by atoms with Gasteiger partial charge >= 0.3 is 42.2 Å². The first-order valence-electron chi connectivity index (χ1n) is 21.9. The molecule has 426 valence electrons. The van der Waals surface area contributed by atoms with E-state index < -0.39 is 154 Å². The maximum Gasteiger partial charge on any atom is 0.479 e. The number of anilines is 2. The number of methoxy groups -OCH3 is 2. The number of ether oxygens (including phenoxy) is 5. The molecule has 0 saturated carbocycles. The topological polar surface area (TPSA) is 547 Å². The first kappa shape index (κ1) is 58.8. The van der Waals surface area contributed by atoms with Crippen LogP contribution in [0.25, 0.3) is 22.3 Å². The summed E-state index contributed by atoms with van der Waals surface area (Å²) >= 11 is 0. The van der Waals surface area contributed by atoms with E-state index in [1.807, 2.05) is 4.98 Å². The van der Waals surface area contributed by atoms with Gasteiger partial charge in [0.15, 0.2) is 36.2 Å². The summed E-state index contributed by atoms with van der Waals surface area (Å²) in [5.41, 5.74) is 6.94. The van der Waals surface area contributed by atoms with Gasteiger partial charge in [-0.25, -0.2) is 42.1 Å². The van der Waals surface area contributed by atoms with E-state index in [1.165, 1.54) is 29.6 Å². The van der Waals surface area contributed by atoms with Crippen LogP contribution in [0.3, 0.4) is 0 Å². The normalized spacial score (nSPS) is 30.7. The summed E-state index contributed by atoms with van der Waals surface area (Å²) in [4.78, 5) is 113. The second-order valence-electron chi connectivity index (χ2n) is 17.3. The fourth-order valence-electron chi connectivity index (χ4n) is 8.78. The monoisotopic (exact) mass is 1200 g/mol. The lowest BCUT2D eigenvalue weighted by Crippen LogP contribution is -2.45. The highest BCUT2D eigenvalue weighted by molar-refractivity contribution is 7.76. The van der Waals surface area contributed by atoms with Crippen molar-refractivity contribution in [1.29, 1.82) is 0 Å². The Labute approximate surface area is 428 Å². The zero-order valence-corrected chi connectivity index (χ0v) is 44.2. The van der Waals surface area contributed by atoms with E-state index in [0.717, 1.165) is 36.6 Å². The van der Waals surface area contributed by atoms with E-state index in [0.29, 0.717) is 4.57 Å². The number of aromatic amines is 2. The number of rotatable bonds is 22. The van der Waals surface area contributed by atoms with Gasteiger partial charge in [-0.05, 0) is 0 Å². The standard InChI is InChI=1S/C34H49N12O26P5/c1-43-12-46(28-20(43)29(51)42-33(36)41-28)30-21(48)14(6-63-2)15(68-30)7-66-76(59,60)71-73(53,54)13-74(55,56)72-77(61,62)67-9-17-25(24(64-3)32(70-17)45-11-39-19-26(35)37-10-38-27(19)45)75(57,58)65-8-16-22(49)23(50)31(69-16)44-5-4-18(47)40-34(44)52/h4-5,10-12,14-17,21-25,30-32,48-50H,6-9,13H2,1-3H3,(H10-,35,36,37,38,40,41,42,47,51,52,53,54,55,56,57,58,59,60,61,62)/t14-,15-,16-,17-,21-,22-,23-,24-,25-,30-,31-,32-/m1/s1. The largest absolute Gasteiger partial charge is 0.778 e. The molecule has 0 spiro atoms. The molecule has 43 heteroatoms. The van der Waals surface area contributed by atoms with Crippen LogP contribution < -0.4 is 37.7 Å². The molecule has 8 rings (SSSR count). The molecule has 13 N–H and O–H groups in total. The third-order valence-corrected chi connectivity index (χ3v) is 21.4. The van der Waals surface area contributed by atoms with Gasteiger partial charge in [0, 0.05) is 32.4 Å². The molecule has 0 aromatic carbocycles. The number of aliphatic hydroxyl groups excluding tert-OH is 3. The fraction of sp³-hybridized carbons (Fsp3) is 0.588. The Morgan fingerprint density at radius 2 is 1.43 bits per heavy atom. The second-order valence-corrected chi connectivity index (χ2v) is 26.6. The lowest BCUT2D eigenvalue weighted by molar-refractivity contribution is -0.745. The summed E-state index contributed by atoms with van der Waals surface area (Å²) in [6.07, 6.45) is -12.3. The lowest BCUT2D eigenvalue weighted by Gasteiger charge is -2.35. The van der Waals surface area contributed by atoms with Crippen molar-refractivity contribution in [2.75, 3.05) is 58.0 Å². The molecule has 77 heavy (non-hydrogen) atoms. The highest BCUT2D eigenvalue weighted by Crippen LogP contribution is 2.70. The van der Waals surface area contributed by atoms with Crippen molar-refractivity contribution in [3.8, 4) is 0 Å². The van der Waals surface area contributed by atoms with Crippen LogP contribution in [0.4, 0.5) is 11.8 Å². The van der Waals surface area contributed by atoms with Gasteiger partial charge in [0.05, 0.1) is 57.7 Å². The molecule has 5 aromatic rings. The van der Waals surface area contributed by atoms with E-state index in [9.17, 15) is 77.0 Å². The summed E-state index contributed by atoms with van der Waals surface area (Å²) in [5.74, 6) is -3.65. The first-order chi connectivity index (χ1) is 36.0. The minimum absolute atomic E-state index is 0.000574. The molecule has 0 bridgehead atoms. The number of nitrogens with two attached hydrogens (primary N) is 2. The summed E-state index contributed by atoms with van der Waals surface area (Å²) in [7, 11) is -25.5. The van der Waals surface area contributed by atoms with Crippen LogP contribution in [0.1, 0.15) is 18.7 Å². The molecule has 17 atom stereocenters. The third kappa shape index (κ3) is 12.5. The molecular formula is C34H49N12O26P5. The summed E-state index contributed by atoms with van der Waals surface area (Å²) in [5, 5.41) is 32.7. The predicted molar refractivity (Wildman–Crippen MR) is 249 cm³/mol. The highest BCUT2D eigenvalue weighted by atomic mass is 31.3. The summed E-state index contributed by atoms with van der Waals surface area (Å²) < 4.78 is 123. The van der Waals surface area contributed by atoms with E-state index in [-0.39, 0.29) is 40.7 Å². The number of hydrogen-bond acceptors (Lipinski definition) is 28. The van der Waals surface area contributed by atoms with Crippen LogP contribution in [-0.4, -0.2) is 173 Å². The van der Waals surface area contributed by atoms with Gasteiger partial charge in [-0.15, -0.1) is 0 Å². The van der Waals surface area contributed by atoms with Gasteiger partial charge in [-0.2, -0.15) is 0 Å². The van der Waals surface area contributed by atoms with E-state index in [2.05, 4.69) is 33.5 Å². The number of nitrogens with one attached hydrogen (secondary N) is 2. The maximum absolute atomic E-state index is 14.2. The average Bonchev–Trinajstić information content (AvgIpc) is 4.13. The molecule has 0 radical (unpaired) electrons. The quantitative estimate of drug-likeness (QED) is 0.0231. The number of H-pyrrole nitrogens is 2. The van der Waals surface area contributed by atoms with E-state index in [4.69, 9.17) is 48.7 Å². The van der Waals surface area contributed by atoms with Crippen LogP contribution in [0, 0.1) is 5.92 Å². The fourth-order valence-corrected chi connectivity index (χ4v) is 17.3. The highest BCUT2D eigenvalue weighted by Gasteiger charge is 2.55. The second kappa shape index (κ2) is 22.3. The Balaban J connectivity index is 0.936. The minimum atomic E-state index is -6.02. The number of phosphoric acid groups is 2. The molecular weight excluding hydrogens is 1150 g/mol. The van der Waals surface area contributed by atoms with Crippen LogP contribution >= 0.6 is 38.4 Å². The molecule has 5 aromatic heterocycles. The number of nitrogen functional groups attached to an aromatic ring is 2. The van der Waals surface area contributed by atoms with Gasteiger partial charge in [-0.1, -0.05) is 4.98 Å². The van der Waals surface area contributed by atoms with Crippen LogP contribution in [0.15, 0.2) is 45.6 Å². The van der Waals surface area contributed by atoms with Gasteiger partial charge in [0.2, 0.25) is 11.7 Å². The Hall–Kier alpha value is -4.39. The number of aromatic nitrogens is 10. The maximum atomic E-state index is 14.2. The number of fused-ring (bicyclic) bond motifs is 2. The van der Waals surface area contributed by atoms with Crippen molar-refractivity contribution in [1.82, 2.24) is 43.6 Å². The van der Waals surface area contributed by atoms with Crippen molar-refractivity contribution in [3.05, 3.63) is 62.4 Å². The Kier molecular flexibility index (Phi) is 17.0. The summed E-state index contributed by atoms with van der Waals surface area (Å²) in [6.45, 7) is -3.70. The Bertz CT molecular complexity index is 3450. The molecule has 3 saturated heterocycles. The molecule has 3 aliphatic rings. The molecule has 3 fully saturated rings. The van der Waals surface area contributed by atoms with Crippen molar-refractivity contribution in [2.45, 2.75) is 67.1 Å². The number of nitrogens with zero attached hydrogens (tertiary/aromatic N) is 8. The van der Waals surface area contributed by atoms with Crippen molar-refractivity contribution >= 4 is 72.5 Å². The minimum Gasteiger partial charge on any atom is -0.778 e. The van der Waals surface area contributed by atoms with Gasteiger partial charge in [0.1, 0.15) is 50.0 Å². The van der Waals surface area contributed by atoms with Gasteiger partial charge in [-0.3, -0.25) is 51.4 Å². The number of phosphoric ester groups is 2. The Morgan fingerprint density at radius 3 is 2.06 bits per heavy atom. The van der Waals surface area contributed by atoms with Gasteiger partial charge < -0.3 is 84.0 Å². The molecule has 5 unspecified atom stereocenters. The van der Waals surface area contributed by atoms with Gasteiger partial charge in [0.25, 0.3) is 17.1 Å². The van der Waals surface area contributed by atoms with E-state index >= 15 is 0 Å². The van der Waals surface area contributed by atoms with Crippen molar-refractivity contribution in [3.63, 3.8) is 0 Å². The van der Waals surface area contributed by atoms with E-state index in [1.54, 1.807) is 0 Å². The zero-order chi connectivity index (χ0) is 56.3. The van der Waals surface area contributed by atoms with Crippen LogP contribution in [0.5, 0.6) is 0 Å². The molecule has 0 amide bonds. The van der Waals surface area contributed by atoms with Crippen molar-refractivity contribution < 1.29 is 113 Å². The first-order valence-corrected chi connectivity index (χ1v) is 30.1. The summed E-state index contributed by atoms with van der Waals surface area (Å²) in [6, 6.07) is 0.905. The zero-order valence-electron chi connectivity index (χ0n) is 39.7. The number of aliphatic hydroxyl groups is 3. The number of hydrogen-bond donors (Lipinski definition) is 11. The average molecular weight is 1200 g/mol. The number of aryl methyl sites for hydroxylation is 1. The molecule has 0 aliphatic carbocycles. The molecule has 3 aliphatic heterocycles. The van der Waals surface area contributed by atoms with Crippen LogP contribution in [0.2, 0.25) is 0 Å². The SMILES string of the molecule is COC[C@H]1[C@@H](O)[C@H]([n+]2cn(C)c3c(=O)[nH]c(N)nc32)O[C@@H]1COP(=O)(O)OP(=O)(O)CP(=O)(O)OP(=O)(O)OC[C@H]1O[C@@H](n2cnc3c(N)ncnc32)[C@H](OC)[C@@H]1P(=O)([O-])OC[C@H]1O[C@@H](n2ccc(=O)[nH]c2=O)[C@H](O)[C@@H]1O. The number of imidazole rings is 2. The predicted octanol–water partition coefficient (Wildman–Crippen LogP) is -4.31.